The van der Waals surface area contributed by atoms with Crippen LogP contribution in [-0.4, -0.2) is 22.8 Å². The van der Waals surface area contributed by atoms with Crippen molar-refractivity contribution >= 4 is 11.6 Å². The molecule has 1 aromatic heterocycles. The molecule has 90 valence electrons. The first-order valence-electron chi connectivity index (χ1n) is 5.58. The Hall–Kier alpha value is -1.48. The van der Waals surface area contributed by atoms with Gasteiger partial charge in [-0.05, 0) is 30.5 Å². The minimum atomic E-state index is 0.680. The average molecular weight is 251 g/mol. The van der Waals surface area contributed by atoms with Crippen LogP contribution in [0.15, 0.2) is 36.7 Å². The lowest BCUT2D eigenvalue weighted by Crippen LogP contribution is -1.97. The highest BCUT2D eigenvalue weighted by Gasteiger charge is 2.05. The van der Waals surface area contributed by atoms with E-state index >= 15 is 0 Å². The van der Waals surface area contributed by atoms with Crippen molar-refractivity contribution in [3.8, 4) is 11.4 Å². The highest BCUT2D eigenvalue weighted by atomic mass is 35.5. The Bertz CT molecular complexity index is 482. The SMILES string of the molecule is COc1ccccc1-n1cc(CCCCl)cn1. The lowest BCUT2D eigenvalue weighted by atomic mass is 10.2. The van der Waals surface area contributed by atoms with Crippen LogP contribution in [0.3, 0.4) is 0 Å². The predicted octanol–water partition coefficient (Wildman–Crippen LogP) is 3.05. The van der Waals surface area contributed by atoms with Crippen molar-refractivity contribution in [2.45, 2.75) is 12.8 Å². The van der Waals surface area contributed by atoms with Gasteiger partial charge in [-0.1, -0.05) is 12.1 Å². The fraction of sp³-hybridized carbons (Fsp3) is 0.308. The van der Waals surface area contributed by atoms with Gasteiger partial charge in [-0.2, -0.15) is 5.10 Å². The maximum absolute atomic E-state index is 5.68. The molecule has 0 unspecified atom stereocenters. The molecule has 0 atom stereocenters. The lowest BCUT2D eigenvalue weighted by molar-refractivity contribution is 0.411. The van der Waals surface area contributed by atoms with Gasteiger partial charge in [-0.15, -0.1) is 11.6 Å². The number of benzene rings is 1. The highest BCUT2D eigenvalue weighted by Crippen LogP contribution is 2.21. The van der Waals surface area contributed by atoms with E-state index in [-0.39, 0.29) is 0 Å². The van der Waals surface area contributed by atoms with E-state index in [1.165, 1.54) is 5.56 Å². The molecule has 0 aliphatic carbocycles. The fourth-order valence-corrected chi connectivity index (χ4v) is 1.84. The number of rotatable bonds is 5. The first-order chi connectivity index (χ1) is 8.35. The van der Waals surface area contributed by atoms with Crippen LogP contribution in [0.5, 0.6) is 5.75 Å². The van der Waals surface area contributed by atoms with Gasteiger partial charge in [0, 0.05) is 12.1 Å². The van der Waals surface area contributed by atoms with Gasteiger partial charge in [0.1, 0.15) is 11.4 Å². The minimum Gasteiger partial charge on any atom is -0.494 e. The summed E-state index contributed by atoms with van der Waals surface area (Å²) in [5, 5.41) is 4.34. The number of para-hydroxylation sites is 2. The number of methoxy groups -OCH3 is 1. The number of aryl methyl sites for hydroxylation is 1. The number of ether oxygens (including phenoxy) is 1. The molecule has 4 heteroatoms. The zero-order valence-corrected chi connectivity index (χ0v) is 10.5. The first kappa shape index (κ1) is 12.0. The van der Waals surface area contributed by atoms with Crippen LogP contribution >= 0.6 is 11.6 Å². The third kappa shape index (κ3) is 2.80. The van der Waals surface area contributed by atoms with E-state index in [2.05, 4.69) is 5.10 Å². The van der Waals surface area contributed by atoms with E-state index in [0.29, 0.717) is 5.88 Å². The molecular formula is C13H15ClN2O. The van der Waals surface area contributed by atoms with Crippen molar-refractivity contribution in [1.82, 2.24) is 9.78 Å². The van der Waals surface area contributed by atoms with E-state index in [0.717, 1.165) is 24.3 Å². The zero-order valence-electron chi connectivity index (χ0n) is 9.77. The molecule has 0 amide bonds. The molecule has 0 saturated heterocycles. The maximum atomic E-state index is 5.68. The molecule has 3 nitrogen and oxygen atoms in total. The second-order valence-electron chi connectivity index (χ2n) is 3.76. The smallest absolute Gasteiger partial charge is 0.144 e. The predicted molar refractivity (Wildman–Crippen MR) is 69.2 cm³/mol. The summed E-state index contributed by atoms with van der Waals surface area (Å²) in [5.41, 5.74) is 2.14. The second kappa shape index (κ2) is 5.73. The van der Waals surface area contributed by atoms with Gasteiger partial charge in [0.05, 0.1) is 13.3 Å². The largest absolute Gasteiger partial charge is 0.494 e. The quantitative estimate of drug-likeness (QED) is 0.763. The Morgan fingerprint density at radius 2 is 2.18 bits per heavy atom. The summed E-state index contributed by atoms with van der Waals surface area (Å²) >= 11 is 5.68. The van der Waals surface area contributed by atoms with Crippen LogP contribution in [0, 0.1) is 0 Å². The van der Waals surface area contributed by atoms with Crippen LogP contribution in [0.1, 0.15) is 12.0 Å². The van der Waals surface area contributed by atoms with Gasteiger partial charge in [-0.3, -0.25) is 0 Å². The number of aromatic nitrogens is 2. The van der Waals surface area contributed by atoms with Gasteiger partial charge >= 0.3 is 0 Å². The fourth-order valence-electron chi connectivity index (χ4n) is 1.71. The summed E-state index contributed by atoms with van der Waals surface area (Å²) in [6.45, 7) is 0. The number of hydrogen-bond donors (Lipinski definition) is 0. The van der Waals surface area contributed by atoms with Gasteiger partial charge in [0.2, 0.25) is 0 Å². The maximum Gasteiger partial charge on any atom is 0.144 e. The van der Waals surface area contributed by atoms with Crippen molar-refractivity contribution in [3.63, 3.8) is 0 Å². The van der Waals surface area contributed by atoms with E-state index in [4.69, 9.17) is 16.3 Å². The zero-order chi connectivity index (χ0) is 12.1. The van der Waals surface area contributed by atoms with E-state index in [1.54, 1.807) is 7.11 Å². The van der Waals surface area contributed by atoms with Gasteiger partial charge in [-0.25, -0.2) is 4.68 Å². The third-order valence-corrected chi connectivity index (χ3v) is 2.83. The Morgan fingerprint density at radius 1 is 1.35 bits per heavy atom. The monoisotopic (exact) mass is 250 g/mol. The van der Waals surface area contributed by atoms with Crippen molar-refractivity contribution in [1.29, 1.82) is 0 Å². The molecule has 0 N–H and O–H groups in total. The standard InChI is InChI=1S/C13H15ClN2O/c1-17-13-7-3-2-6-12(13)16-10-11(9-15-16)5-4-8-14/h2-3,6-7,9-10H,4-5,8H2,1H3. The van der Waals surface area contributed by atoms with Crippen LogP contribution < -0.4 is 4.74 Å². The summed E-state index contributed by atoms with van der Waals surface area (Å²) < 4.78 is 7.14. The minimum absolute atomic E-state index is 0.680. The summed E-state index contributed by atoms with van der Waals surface area (Å²) in [6.07, 6.45) is 5.82. The molecule has 2 rings (SSSR count). The number of nitrogens with zero attached hydrogens (tertiary/aromatic N) is 2. The second-order valence-corrected chi connectivity index (χ2v) is 4.14. The van der Waals surface area contributed by atoms with E-state index in [9.17, 15) is 0 Å². The Labute approximate surface area is 106 Å². The highest BCUT2D eigenvalue weighted by molar-refractivity contribution is 6.17. The Morgan fingerprint density at radius 3 is 2.94 bits per heavy atom. The van der Waals surface area contributed by atoms with Crippen LogP contribution in [0.2, 0.25) is 0 Å². The first-order valence-corrected chi connectivity index (χ1v) is 6.11. The molecule has 0 saturated carbocycles. The van der Waals surface area contributed by atoms with Gasteiger partial charge < -0.3 is 4.74 Å². The summed E-state index contributed by atoms with van der Waals surface area (Å²) in [7, 11) is 1.66. The van der Waals surface area contributed by atoms with Gasteiger partial charge in [0.15, 0.2) is 0 Å². The molecule has 1 heterocycles. The Balaban J connectivity index is 2.24. The lowest BCUT2D eigenvalue weighted by Gasteiger charge is -2.07. The van der Waals surface area contributed by atoms with Crippen LogP contribution in [-0.2, 0) is 6.42 Å². The summed E-state index contributed by atoms with van der Waals surface area (Å²) in [5.74, 6) is 1.50. The van der Waals surface area contributed by atoms with E-state index < -0.39 is 0 Å². The Kier molecular flexibility index (Phi) is 4.04. The van der Waals surface area contributed by atoms with Crippen molar-refractivity contribution < 1.29 is 4.74 Å². The molecule has 1 aromatic carbocycles. The topological polar surface area (TPSA) is 27.1 Å². The van der Waals surface area contributed by atoms with Crippen molar-refractivity contribution in [2.75, 3.05) is 13.0 Å². The summed E-state index contributed by atoms with van der Waals surface area (Å²) in [4.78, 5) is 0. The average Bonchev–Trinajstić information content (AvgIpc) is 2.85. The molecule has 0 aliphatic rings. The molecule has 0 fully saturated rings. The molecule has 17 heavy (non-hydrogen) atoms. The number of alkyl halides is 1. The van der Waals surface area contributed by atoms with E-state index in [1.807, 2.05) is 41.3 Å². The molecular weight excluding hydrogens is 236 g/mol. The third-order valence-electron chi connectivity index (χ3n) is 2.57. The number of hydrogen-bond acceptors (Lipinski definition) is 2. The van der Waals surface area contributed by atoms with Crippen LogP contribution in [0.25, 0.3) is 5.69 Å². The van der Waals surface area contributed by atoms with Crippen molar-refractivity contribution in [3.05, 3.63) is 42.2 Å². The molecule has 0 spiro atoms. The molecule has 2 aromatic rings. The number of halogens is 1. The van der Waals surface area contributed by atoms with Crippen LogP contribution in [0.4, 0.5) is 0 Å². The summed E-state index contributed by atoms with van der Waals surface area (Å²) in [6, 6.07) is 7.82. The molecule has 0 aliphatic heterocycles. The molecule has 0 radical (unpaired) electrons. The molecule has 0 bridgehead atoms. The van der Waals surface area contributed by atoms with Gasteiger partial charge in [0.25, 0.3) is 0 Å². The normalized spacial score (nSPS) is 10.5. The van der Waals surface area contributed by atoms with Crippen molar-refractivity contribution in [2.24, 2.45) is 0 Å².